The van der Waals surface area contributed by atoms with Gasteiger partial charge in [-0.25, -0.2) is 0 Å². The maximum Gasteiger partial charge on any atom is 0.273 e. The summed E-state index contributed by atoms with van der Waals surface area (Å²) in [6.07, 6.45) is 1.48. The number of amides is 3. The second kappa shape index (κ2) is 7.52. The normalized spacial score (nSPS) is 18.1. The van der Waals surface area contributed by atoms with Crippen LogP contribution in [0.25, 0.3) is 0 Å². The number of carbonyl (C=O) groups is 4. The minimum absolute atomic E-state index is 0.0739. The molecule has 0 spiro atoms. The van der Waals surface area contributed by atoms with Gasteiger partial charge < -0.3 is 25.3 Å². The fraction of sp³-hybridized carbons (Fsp3) is 0.500. The molecule has 1 unspecified atom stereocenters. The zero-order valence-electron chi connectivity index (χ0n) is 12.6. The van der Waals surface area contributed by atoms with E-state index in [2.05, 4.69) is 21.1 Å². The van der Waals surface area contributed by atoms with Gasteiger partial charge in [-0.05, 0) is 19.8 Å². The Morgan fingerprint density at radius 2 is 2.35 bits per heavy atom. The molecule has 0 bridgehead atoms. The molecule has 1 saturated heterocycles. The maximum absolute atomic E-state index is 11.8. The van der Waals surface area contributed by atoms with Crippen LogP contribution in [0.3, 0.4) is 0 Å². The van der Waals surface area contributed by atoms with Crippen molar-refractivity contribution in [2.75, 3.05) is 13.1 Å². The van der Waals surface area contributed by atoms with E-state index < -0.39 is 17.9 Å². The third kappa shape index (κ3) is 4.63. The molecule has 9 nitrogen and oxygen atoms in total. The highest BCUT2D eigenvalue weighted by atomic mass is 16.5. The number of nitrogens with zero attached hydrogens (tertiary/aromatic N) is 1. The summed E-state index contributed by atoms with van der Waals surface area (Å²) in [4.78, 5) is 46.0. The fourth-order valence-corrected chi connectivity index (χ4v) is 2.31. The Morgan fingerprint density at radius 3 is 2.91 bits per heavy atom. The van der Waals surface area contributed by atoms with Crippen molar-refractivity contribution < 1.29 is 23.7 Å². The van der Waals surface area contributed by atoms with Gasteiger partial charge >= 0.3 is 0 Å². The minimum atomic E-state index is -0.762. The molecule has 1 fully saturated rings. The van der Waals surface area contributed by atoms with Crippen molar-refractivity contribution in [1.82, 2.24) is 21.1 Å². The standard InChI is InChI=1S/C14H18N4O5/c1-8-4-11(18-23-8)14(22)16-6-12(20)17-10(7-19)5-9-2-3-15-13(9)21/h4,7,9-10H,2-3,5-6H2,1H3,(H,15,21)(H,16,22)(H,17,20)/t9?,10-/m0/s1. The van der Waals surface area contributed by atoms with Gasteiger partial charge in [-0.3, -0.25) is 14.4 Å². The number of carbonyl (C=O) groups excluding carboxylic acids is 4. The quantitative estimate of drug-likeness (QED) is 0.548. The molecule has 1 aliphatic rings. The van der Waals surface area contributed by atoms with E-state index in [0.717, 1.165) is 0 Å². The molecule has 1 aromatic heterocycles. The lowest BCUT2D eigenvalue weighted by molar-refractivity contribution is -0.125. The zero-order chi connectivity index (χ0) is 16.8. The lowest BCUT2D eigenvalue weighted by Crippen LogP contribution is -2.44. The van der Waals surface area contributed by atoms with Crippen molar-refractivity contribution >= 4 is 24.0 Å². The average Bonchev–Trinajstić information content (AvgIpc) is 3.13. The number of aldehydes is 1. The van der Waals surface area contributed by atoms with Gasteiger partial charge in [0.2, 0.25) is 11.8 Å². The van der Waals surface area contributed by atoms with Crippen molar-refractivity contribution in [2.24, 2.45) is 5.92 Å². The summed E-state index contributed by atoms with van der Waals surface area (Å²) in [5, 5.41) is 11.1. The van der Waals surface area contributed by atoms with Crippen LogP contribution in [0.4, 0.5) is 0 Å². The van der Waals surface area contributed by atoms with E-state index in [0.29, 0.717) is 25.0 Å². The number of hydrogen-bond donors (Lipinski definition) is 3. The van der Waals surface area contributed by atoms with Crippen LogP contribution >= 0.6 is 0 Å². The van der Waals surface area contributed by atoms with E-state index >= 15 is 0 Å². The number of hydrogen-bond acceptors (Lipinski definition) is 6. The Morgan fingerprint density at radius 1 is 1.57 bits per heavy atom. The first kappa shape index (κ1) is 16.7. The van der Waals surface area contributed by atoms with Crippen LogP contribution in [0.2, 0.25) is 0 Å². The topological polar surface area (TPSA) is 130 Å². The van der Waals surface area contributed by atoms with E-state index in [-0.39, 0.29) is 30.5 Å². The van der Waals surface area contributed by atoms with Gasteiger partial charge in [0, 0.05) is 18.5 Å². The molecular weight excluding hydrogens is 304 g/mol. The monoisotopic (exact) mass is 322 g/mol. The van der Waals surface area contributed by atoms with E-state index in [9.17, 15) is 19.2 Å². The molecule has 2 rings (SSSR count). The Bertz CT molecular complexity index is 612. The van der Waals surface area contributed by atoms with E-state index in [4.69, 9.17) is 4.52 Å². The summed E-state index contributed by atoms with van der Waals surface area (Å²) in [7, 11) is 0. The van der Waals surface area contributed by atoms with Gasteiger partial charge in [-0.1, -0.05) is 5.16 Å². The summed E-state index contributed by atoms with van der Waals surface area (Å²) in [5.74, 6) is -0.974. The van der Waals surface area contributed by atoms with Crippen molar-refractivity contribution in [3.05, 3.63) is 17.5 Å². The van der Waals surface area contributed by atoms with E-state index in [1.54, 1.807) is 6.92 Å². The molecule has 3 N–H and O–H groups in total. The van der Waals surface area contributed by atoms with Crippen LogP contribution in [0, 0.1) is 12.8 Å². The fourth-order valence-electron chi connectivity index (χ4n) is 2.31. The number of aromatic nitrogens is 1. The smallest absolute Gasteiger partial charge is 0.273 e. The lowest BCUT2D eigenvalue weighted by Gasteiger charge is -2.15. The molecule has 3 amide bonds. The zero-order valence-corrected chi connectivity index (χ0v) is 12.6. The lowest BCUT2D eigenvalue weighted by atomic mass is 9.99. The minimum Gasteiger partial charge on any atom is -0.361 e. The number of aryl methyl sites for hydroxylation is 1. The first-order valence-corrected chi connectivity index (χ1v) is 7.23. The van der Waals surface area contributed by atoms with Crippen molar-refractivity contribution in [3.8, 4) is 0 Å². The first-order valence-electron chi connectivity index (χ1n) is 7.23. The maximum atomic E-state index is 11.8. The van der Waals surface area contributed by atoms with Crippen LogP contribution in [-0.2, 0) is 14.4 Å². The average molecular weight is 322 g/mol. The number of rotatable bonds is 7. The largest absolute Gasteiger partial charge is 0.361 e. The van der Waals surface area contributed by atoms with Crippen molar-refractivity contribution in [1.29, 1.82) is 0 Å². The Balaban J connectivity index is 1.77. The van der Waals surface area contributed by atoms with Crippen molar-refractivity contribution in [2.45, 2.75) is 25.8 Å². The summed E-state index contributed by atoms with van der Waals surface area (Å²) >= 11 is 0. The van der Waals surface area contributed by atoms with Crippen LogP contribution < -0.4 is 16.0 Å². The van der Waals surface area contributed by atoms with E-state index in [1.807, 2.05) is 0 Å². The van der Waals surface area contributed by atoms with Crippen molar-refractivity contribution in [3.63, 3.8) is 0 Å². The predicted octanol–water partition coefficient (Wildman–Crippen LogP) is -1.08. The molecule has 0 radical (unpaired) electrons. The van der Waals surface area contributed by atoms with Gasteiger partial charge in [0.25, 0.3) is 5.91 Å². The molecule has 0 aliphatic carbocycles. The third-order valence-electron chi connectivity index (χ3n) is 3.48. The van der Waals surface area contributed by atoms with Gasteiger partial charge in [-0.2, -0.15) is 0 Å². The predicted molar refractivity (Wildman–Crippen MR) is 77.3 cm³/mol. The molecule has 2 heterocycles. The van der Waals surface area contributed by atoms with Gasteiger partial charge in [0.05, 0.1) is 12.6 Å². The van der Waals surface area contributed by atoms with Gasteiger partial charge in [-0.15, -0.1) is 0 Å². The molecule has 2 atom stereocenters. The molecule has 0 saturated carbocycles. The van der Waals surface area contributed by atoms with Gasteiger partial charge in [0.15, 0.2) is 5.69 Å². The number of nitrogens with one attached hydrogen (secondary N) is 3. The molecule has 23 heavy (non-hydrogen) atoms. The summed E-state index contributed by atoms with van der Waals surface area (Å²) in [6, 6.07) is 0.683. The first-order chi connectivity index (χ1) is 11.0. The SMILES string of the molecule is Cc1cc(C(=O)NCC(=O)N[C@H](C=O)CC2CCNC2=O)no1. The molecule has 0 aromatic carbocycles. The van der Waals surface area contributed by atoms with Crippen LogP contribution in [0.1, 0.15) is 29.1 Å². The highest BCUT2D eigenvalue weighted by Crippen LogP contribution is 2.15. The summed E-state index contributed by atoms with van der Waals surface area (Å²) in [6.45, 7) is 1.92. The Hall–Kier alpha value is -2.71. The van der Waals surface area contributed by atoms with E-state index in [1.165, 1.54) is 6.07 Å². The second-order valence-electron chi connectivity index (χ2n) is 5.33. The molecule has 124 valence electrons. The Kier molecular flexibility index (Phi) is 5.45. The summed E-state index contributed by atoms with van der Waals surface area (Å²) < 4.78 is 4.76. The van der Waals surface area contributed by atoms with Crippen LogP contribution in [-0.4, -0.2) is 48.3 Å². The highest BCUT2D eigenvalue weighted by molar-refractivity contribution is 5.95. The second-order valence-corrected chi connectivity index (χ2v) is 5.33. The molecular formula is C14H18N4O5. The molecule has 9 heteroatoms. The third-order valence-corrected chi connectivity index (χ3v) is 3.48. The summed E-state index contributed by atoms with van der Waals surface area (Å²) in [5.41, 5.74) is 0.0739. The van der Waals surface area contributed by atoms with Crippen LogP contribution in [0.5, 0.6) is 0 Å². The highest BCUT2D eigenvalue weighted by Gasteiger charge is 2.27. The molecule has 1 aromatic rings. The van der Waals surface area contributed by atoms with Crippen LogP contribution in [0.15, 0.2) is 10.6 Å². The molecule has 1 aliphatic heterocycles. The Labute approximate surface area is 132 Å². The van der Waals surface area contributed by atoms with Gasteiger partial charge in [0.1, 0.15) is 12.0 Å².